The highest BCUT2D eigenvalue weighted by atomic mass is 35.5. The first kappa shape index (κ1) is 36.7. The van der Waals surface area contributed by atoms with Gasteiger partial charge in [0.15, 0.2) is 0 Å². The average Bonchev–Trinajstić information content (AvgIpc) is 3.06. The minimum Gasteiger partial charge on any atom is -0.467 e. The predicted molar refractivity (Wildman–Crippen MR) is 189 cm³/mol. The zero-order valence-electron chi connectivity index (χ0n) is 26.8. The van der Waals surface area contributed by atoms with Gasteiger partial charge in [-0.1, -0.05) is 78.9 Å². The molecule has 0 aliphatic heterocycles. The fourth-order valence-electron chi connectivity index (χ4n) is 5.65. The van der Waals surface area contributed by atoms with Crippen LogP contribution in [-0.4, -0.2) is 55.5 Å². The Morgan fingerprint density at radius 3 is 1.94 bits per heavy atom. The Bertz CT molecular complexity index is 1650. The summed E-state index contributed by atoms with van der Waals surface area (Å²) in [6, 6.07) is 23.9. The lowest BCUT2D eigenvalue weighted by Crippen LogP contribution is -2.56. The fraction of sp³-hybridized carbons (Fsp3) is 0.297. The van der Waals surface area contributed by atoms with E-state index in [1.54, 1.807) is 0 Å². The number of fused-ring (bicyclic) bond motifs is 2. The van der Waals surface area contributed by atoms with E-state index in [-0.39, 0.29) is 31.2 Å². The summed E-state index contributed by atoms with van der Waals surface area (Å²) < 4.78 is 4.80. The fourth-order valence-corrected chi connectivity index (χ4v) is 5.65. The van der Waals surface area contributed by atoms with Crippen molar-refractivity contribution in [1.29, 1.82) is 0 Å². The van der Waals surface area contributed by atoms with Crippen LogP contribution in [0, 0.1) is 0 Å². The Hall–Kier alpha value is -4.73. The largest absolute Gasteiger partial charge is 0.467 e. The van der Waals surface area contributed by atoms with Gasteiger partial charge >= 0.3 is 5.97 Å². The highest BCUT2D eigenvalue weighted by molar-refractivity contribution is 6.12. The number of nitrogens with two attached hydrogens (primary N) is 1. The molecule has 0 spiro atoms. The molecule has 3 amide bonds. The quantitative estimate of drug-likeness (QED) is 0.0615. The monoisotopic (exact) mass is 658 g/mol. The number of amides is 3. The van der Waals surface area contributed by atoms with E-state index >= 15 is 0 Å². The summed E-state index contributed by atoms with van der Waals surface area (Å²) in [7, 11) is 1.24. The van der Waals surface area contributed by atoms with Crippen LogP contribution in [0.2, 0.25) is 0 Å². The Morgan fingerprint density at radius 2 is 1.38 bits per heavy atom. The zero-order valence-corrected chi connectivity index (χ0v) is 27.6. The van der Waals surface area contributed by atoms with Crippen LogP contribution in [0.3, 0.4) is 0 Å². The van der Waals surface area contributed by atoms with Crippen LogP contribution >= 0.6 is 12.4 Å². The summed E-state index contributed by atoms with van der Waals surface area (Å²) in [4.78, 5) is 51.2. The number of hydrogen-bond donors (Lipinski definition) is 4. The zero-order chi connectivity index (χ0) is 33.1. The lowest BCUT2D eigenvalue weighted by atomic mass is 9.91. The molecule has 9 nitrogen and oxygen atoms in total. The van der Waals surface area contributed by atoms with E-state index in [1.165, 1.54) is 20.1 Å². The number of carbonyl (C=O) groups is 4. The van der Waals surface area contributed by atoms with Gasteiger partial charge in [-0.25, -0.2) is 4.79 Å². The molecule has 3 atom stereocenters. The normalized spacial score (nSPS) is 12.7. The van der Waals surface area contributed by atoms with Crippen molar-refractivity contribution in [1.82, 2.24) is 16.0 Å². The van der Waals surface area contributed by atoms with E-state index in [0.717, 1.165) is 38.2 Å². The van der Waals surface area contributed by atoms with Crippen molar-refractivity contribution in [2.45, 2.75) is 57.2 Å². The Balaban J connectivity index is 0.00000600. The number of halogens is 1. The smallest absolute Gasteiger partial charge is 0.328 e. The number of hydrogen-bond acceptors (Lipinski definition) is 6. The lowest BCUT2D eigenvalue weighted by molar-refractivity contribution is -0.145. The van der Waals surface area contributed by atoms with Crippen LogP contribution < -0.4 is 21.7 Å². The summed E-state index contributed by atoms with van der Waals surface area (Å²) in [5.74, 6) is -2.03. The van der Waals surface area contributed by atoms with E-state index in [0.29, 0.717) is 25.8 Å². The second-order valence-electron chi connectivity index (χ2n) is 11.3. The summed E-state index contributed by atoms with van der Waals surface area (Å²) in [5.41, 5.74) is 8.65. The molecular weight excluding hydrogens is 616 g/mol. The maximum absolute atomic E-state index is 13.6. The minimum absolute atomic E-state index is 0. The van der Waals surface area contributed by atoms with Crippen molar-refractivity contribution in [3.05, 3.63) is 97.1 Å². The first-order valence-electron chi connectivity index (χ1n) is 15.5. The summed E-state index contributed by atoms with van der Waals surface area (Å²) in [5, 5.41) is 12.8. The van der Waals surface area contributed by atoms with Crippen LogP contribution in [0.4, 0.5) is 0 Å². The molecule has 248 valence electrons. The Morgan fingerprint density at radius 1 is 0.809 bits per heavy atom. The Kier molecular flexibility index (Phi) is 13.9. The molecular formula is C37H43ClN4O5. The molecule has 0 fully saturated rings. The van der Waals surface area contributed by atoms with E-state index in [2.05, 4.69) is 52.9 Å². The molecule has 10 heteroatoms. The van der Waals surface area contributed by atoms with Crippen molar-refractivity contribution in [2.24, 2.45) is 5.73 Å². The number of ether oxygens (including phenoxy) is 1. The van der Waals surface area contributed by atoms with Gasteiger partial charge in [-0.05, 0) is 76.5 Å². The molecule has 0 aliphatic rings. The minimum atomic E-state index is -0.950. The molecule has 0 saturated carbocycles. The van der Waals surface area contributed by atoms with Gasteiger partial charge in [0.25, 0.3) is 0 Å². The maximum Gasteiger partial charge on any atom is 0.328 e. The standard InChI is InChI=1S/C37H42N4O5.ClH/c1-4-11-32(37(45)46-3)41-35(43)31(16-9-10-21-38)40-36(44)33(39-24(2)42)22-25-17-19-26(20-18-25)34-29-14-7-5-12-27(29)23-28-13-6-8-15-30(28)34;/h4-8,12-15,17-20,23,31-33H,1,9-11,16,21-22,38H2,2-3H3,(H,39,42)(H,40,44)(H,41,43);1H/t31-,32-,33-;/m0./s1. The van der Waals surface area contributed by atoms with Gasteiger partial charge in [-0.2, -0.15) is 0 Å². The van der Waals surface area contributed by atoms with Crippen molar-refractivity contribution in [3.63, 3.8) is 0 Å². The van der Waals surface area contributed by atoms with E-state index < -0.39 is 35.9 Å². The number of methoxy groups -OCH3 is 1. The highest BCUT2D eigenvalue weighted by Crippen LogP contribution is 2.36. The number of carbonyl (C=O) groups excluding carboxylic acids is 4. The second-order valence-corrected chi connectivity index (χ2v) is 11.3. The van der Waals surface area contributed by atoms with Crippen LogP contribution in [0.25, 0.3) is 32.7 Å². The van der Waals surface area contributed by atoms with Crippen molar-refractivity contribution in [3.8, 4) is 11.1 Å². The van der Waals surface area contributed by atoms with Gasteiger partial charge in [0.1, 0.15) is 18.1 Å². The molecule has 0 saturated heterocycles. The van der Waals surface area contributed by atoms with Crippen LogP contribution in [-0.2, 0) is 30.3 Å². The third-order valence-electron chi connectivity index (χ3n) is 7.93. The third kappa shape index (κ3) is 9.64. The van der Waals surface area contributed by atoms with Gasteiger partial charge in [-0.15, -0.1) is 19.0 Å². The van der Waals surface area contributed by atoms with E-state index in [9.17, 15) is 19.2 Å². The summed E-state index contributed by atoms with van der Waals surface area (Å²) in [6.07, 6.45) is 3.41. The van der Waals surface area contributed by atoms with Gasteiger partial charge in [0, 0.05) is 13.3 Å². The second kappa shape index (κ2) is 17.8. The lowest BCUT2D eigenvalue weighted by Gasteiger charge is -2.24. The third-order valence-corrected chi connectivity index (χ3v) is 7.93. The number of rotatable bonds is 15. The molecule has 0 aromatic heterocycles. The molecule has 4 rings (SSSR count). The van der Waals surface area contributed by atoms with Crippen LogP contribution in [0.5, 0.6) is 0 Å². The number of unbranched alkanes of at least 4 members (excludes halogenated alkanes) is 1. The van der Waals surface area contributed by atoms with Crippen LogP contribution in [0.15, 0.2) is 91.5 Å². The Labute approximate surface area is 281 Å². The SMILES string of the molecule is C=CC[C@H](NC(=O)[C@H](CCCCN)NC(=O)[C@H](Cc1ccc(-c2c3ccccc3cc3ccccc23)cc1)NC(C)=O)C(=O)OC.Cl. The van der Waals surface area contributed by atoms with Gasteiger partial charge in [-0.3, -0.25) is 14.4 Å². The van der Waals surface area contributed by atoms with Crippen LogP contribution in [0.1, 0.15) is 38.2 Å². The van der Waals surface area contributed by atoms with Crippen molar-refractivity contribution in [2.75, 3.05) is 13.7 Å². The predicted octanol–water partition coefficient (Wildman–Crippen LogP) is 4.98. The molecule has 4 aromatic carbocycles. The maximum atomic E-state index is 13.6. The number of esters is 1. The molecule has 47 heavy (non-hydrogen) atoms. The van der Waals surface area contributed by atoms with Gasteiger partial charge in [0.05, 0.1) is 7.11 Å². The van der Waals surface area contributed by atoms with E-state index in [1.807, 2.05) is 48.5 Å². The average molecular weight is 659 g/mol. The van der Waals surface area contributed by atoms with Crippen molar-refractivity contribution < 1.29 is 23.9 Å². The summed E-state index contributed by atoms with van der Waals surface area (Å²) >= 11 is 0. The molecule has 0 aliphatic carbocycles. The van der Waals surface area contributed by atoms with Crippen molar-refractivity contribution >= 4 is 57.6 Å². The molecule has 0 bridgehead atoms. The first-order chi connectivity index (χ1) is 22.2. The summed E-state index contributed by atoms with van der Waals surface area (Å²) in [6.45, 7) is 5.41. The first-order valence-corrected chi connectivity index (χ1v) is 15.5. The van der Waals surface area contributed by atoms with Gasteiger partial charge < -0.3 is 26.4 Å². The molecule has 4 aromatic rings. The molecule has 0 unspecified atom stereocenters. The number of benzene rings is 4. The number of nitrogens with one attached hydrogen (secondary N) is 3. The molecule has 0 heterocycles. The van der Waals surface area contributed by atoms with E-state index in [4.69, 9.17) is 10.5 Å². The highest BCUT2D eigenvalue weighted by Gasteiger charge is 2.29. The molecule has 5 N–H and O–H groups in total. The topological polar surface area (TPSA) is 140 Å². The van der Waals surface area contributed by atoms with Gasteiger partial charge in [0.2, 0.25) is 17.7 Å². The molecule has 0 radical (unpaired) electrons.